The summed E-state index contributed by atoms with van der Waals surface area (Å²) >= 11 is 6.22. The van der Waals surface area contributed by atoms with Gasteiger partial charge in [0.25, 0.3) is 0 Å². The summed E-state index contributed by atoms with van der Waals surface area (Å²) in [5, 5.41) is 0.772. The molecule has 17 heavy (non-hydrogen) atoms. The van der Waals surface area contributed by atoms with E-state index in [4.69, 9.17) is 17.3 Å². The Labute approximate surface area is 106 Å². The van der Waals surface area contributed by atoms with E-state index in [2.05, 4.69) is 24.3 Å². The summed E-state index contributed by atoms with van der Waals surface area (Å²) in [5.41, 5.74) is 8.55. The van der Waals surface area contributed by atoms with E-state index in [9.17, 15) is 0 Å². The Morgan fingerprint density at radius 2 is 1.65 bits per heavy atom. The largest absolute Gasteiger partial charge is 0.321 e. The van der Waals surface area contributed by atoms with Crippen LogP contribution in [0.4, 0.5) is 0 Å². The van der Waals surface area contributed by atoms with Crippen molar-refractivity contribution < 1.29 is 0 Å². The SMILES string of the molecule is NC1(c2ccccc2Cl)CC1c1ccccc1. The second-order valence-electron chi connectivity index (χ2n) is 4.69. The van der Waals surface area contributed by atoms with Crippen LogP contribution in [-0.4, -0.2) is 0 Å². The fraction of sp³-hybridized carbons (Fsp3) is 0.200. The van der Waals surface area contributed by atoms with Crippen molar-refractivity contribution >= 4 is 11.6 Å². The van der Waals surface area contributed by atoms with Gasteiger partial charge in [0.05, 0.1) is 5.54 Å². The first-order chi connectivity index (χ1) is 8.22. The highest BCUT2D eigenvalue weighted by atomic mass is 35.5. The number of hydrogen-bond donors (Lipinski definition) is 1. The van der Waals surface area contributed by atoms with Gasteiger partial charge in [0.1, 0.15) is 0 Å². The highest BCUT2D eigenvalue weighted by Gasteiger charge is 2.53. The van der Waals surface area contributed by atoms with Gasteiger partial charge in [-0.05, 0) is 23.6 Å². The molecule has 2 atom stereocenters. The summed E-state index contributed by atoms with van der Waals surface area (Å²) in [6.07, 6.45) is 0.973. The van der Waals surface area contributed by atoms with Gasteiger partial charge in [-0.2, -0.15) is 0 Å². The summed E-state index contributed by atoms with van der Waals surface area (Å²) in [7, 11) is 0. The van der Waals surface area contributed by atoms with Gasteiger partial charge in [-0.15, -0.1) is 0 Å². The normalized spacial score (nSPS) is 26.8. The maximum atomic E-state index is 6.46. The quantitative estimate of drug-likeness (QED) is 0.856. The fourth-order valence-corrected chi connectivity index (χ4v) is 2.83. The maximum absolute atomic E-state index is 6.46. The van der Waals surface area contributed by atoms with E-state index in [-0.39, 0.29) is 5.54 Å². The lowest BCUT2D eigenvalue weighted by atomic mass is 9.99. The number of nitrogens with two attached hydrogens (primary N) is 1. The first-order valence-corrected chi connectivity index (χ1v) is 6.18. The molecule has 1 nitrogen and oxygen atoms in total. The molecule has 0 heterocycles. The minimum atomic E-state index is -0.278. The van der Waals surface area contributed by atoms with Crippen molar-refractivity contribution in [1.82, 2.24) is 0 Å². The zero-order valence-corrected chi connectivity index (χ0v) is 10.2. The van der Waals surface area contributed by atoms with E-state index < -0.39 is 0 Å². The molecule has 0 aliphatic heterocycles. The third-order valence-corrected chi connectivity index (χ3v) is 3.91. The molecule has 0 radical (unpaired) electrons. The molecule has 1 aliphatic rings. The van der Waals surface area contributed by atoms with Crippen LogP contribution in [0.3, 0.4) is 0 Å². The molecular formula is C15H14ClN. The lowest BCUT2D eigenvalue weighted by Gasteiger charge is -2.14. The van der Waals surface area contributed by atoms with Crippen LogP contribution in [0.25, 0.3) is 0 Å². The Balaban J connectivity index is 1.95. The molecule has 1 aliphatic carbocycles. The van der Waals surface area contributed by atoms with Gasteiger partial charge in [0, 0.05) is 10.9 Å². The van der Waals surface area contributed by atoms with Crippen LogP contribution in [0.2, 0.25) is 5.02 Å². The van der Waals surface area contributed by atoms with Crippen molar-refractivity contribution in [2.75, 3.05) is 0 Å². The Morgan fingerprint density at radius 1 is 1.00 bits per heavy atom. The molecule has 2 heteroatoms. The minimum Gasteiger partial charge on any atom is -0.321 e. The van der Waals surface area contributed by atoms with Crippen molar-refractivity contribution in [2.24, 2.45) is 5.73 Å². The zero-order valence-electron chi connectivity index (χ0n) is 9.44. The van der Waals surface area contributed by atoms with Crippen LogP contribution in [0.15, 0.2) is 54.6 Å². The van der Waals surface area contributed by atoms with Crippen LogP contribution in [0.5, 0.6) is 0 Å². The predicted octanol–water partition coefficient (Wildman–Crippen LogP) is 3.68. The first kappa shape index (κ1) is 10.8. The van der Waals surface area contributed by atoms with E-state index in [1.54, 1.807) is 0 Å². The lowest BCUT2D eigenvalue weighted by Crippen LogP contribution is -2.22. The van der Waals surface area contributed by atoms with Crippen LogP contribution < -0.4 is 5.73 Å². The second-order valence-corrected chi connectivity index (χ2v) is 5.09. The van der Waals surface area contributed by atoms with E-state index in [1.165, 1.54) is 5.56 Å². The molecule has 0 bridgehead atoms. The third kappa shape index (κ3) is 1.76. The lowest BCUT2D eigenvalue weighted by molar-refractivity contribution is 0.706. The average molecular weight is 244 g/mol. The third-order valence-electron chi connectivity index (χ3n) is 3.58. The predicted molar refractivity (Wildman–Crippen MR) is 71.1 cm³/mol. The van der Waals surface area contributed by atoms with Crippen molar-refractivity contribution in [2.45, 2.75) is 17.9 Å². The Bertz CT molecular complexity index is 538. The van der Waals surface area contributed by atoms with Gasteiger partial charge < -0.3 is 5.73 Å². The molecule has 86 valence electrons. The molecule has 0 spiro atoms. The van der Waals surface area contributed by atoms with Gasteiger partial charge in [-0.3, -0.25) is 0 Å². The number of benzene rings is 2. The molecule has 3 rings (SSSR count). The van der Waals surface area contributed by atoms with Crippen LogP contribution in [-0.2, 0) is 5.54 Å². The zero-order chi connectivity index (χ0) is 11.9. The van der Waals surface area contributed by atoms with E-state index >= 15 is 0 Å². The van der Waals surface area contributed by atoms with Crippen molar-refractivity contribution in [3.05, 3.63) is 70.7 Å². The summed E-state index contributed by atoms with van der Waals surface area (Å²) in [6, 6.07) is 18.3. The van der Waals surface area contributed by atoms with Gasteiger partial charge in [-0.1, -0.05) is 60.1 Å². The molecule has 2 N–H and O–H groups in total. The smallest absolute Gasteiger partial charge is 0.0501 e. The number of halogens is 1. The Morgan fingerprint density at radius 3 is 2.35 bits per heavy atom. The molecule has 0 aromatic heterocycles. The highest BCUT2D eigenvalue weighted by molar-refractivity contribution is 6.31. The Kier molecular flexibility index (Phi) is 2.46. The number of hydrogen-bond acceptors (Lipinski definition) is 1. The summed E-state index contributed by atoms with van der Waals surface area (Å²) < 4.78 is 0. The molecule has 1 saturated carbocycles. The molecule has 2 aromatic rings. The van der Waals surface area contributed by atoms with Crippen molar-refractivity contribution in [3.8, 4) is 0 Å². The maximum Gasteiger partial charge on any atom is 0.0501 e. The monoisotopic (exact) mass is 243 g/mol. The van der Waals surface area contributed by atoms with Gasteiger partial charge in [-0.25, -0.2) is 0 Å². The average Bonchev–Trinajstić information content (AvgIpc) is 3.04. The van der Waals surface area contributed by atoms with Gasteiger partial charge >= 0.3 is 0 Å². The minimum absolute atomic E-state index is 0.278. The van der Waals surface area contributed by atoms with Crippen molar-refractivity contribution in [3.63, 3.8) is 0 Å². The topological polar surface area (TPSA) is 26.0 Å². The molecule has 2 aromatic carbocycles. The van der Waals surface area contributed by atoms with Gasteiger partial charge in [0.15, 0.2) is 0 Å². The first-order valence-electron chi connectivity index (χ1n) is 5.80. The van der Waals surface area contributed by atoms with Crippen LogP contribution >= 0.6 is 11.6 Å². The summed E-state index contributed by atoms with van der Waals surface area (Å²) in [5.74, 6) is 0.392. The van der Waals surface area contributed by atoms with Crippen LogP contribution in [0.1, 0.15) is 23.5 Å². The van der Waals surface area contributed by atoms with Crippen LogP contribution in [0, 0.1) is 0 Å². The standard InChI is InChI=1S/C15H14ClN/c16-14-9-5-4-8-12(14)15(17)10-13(15)11-6-2-1-3-7-11/h1-9,13H,10,17H2. The molecule has 0 amide bonds. The van der Waals surface area contributed by atoms with E-state index in [0.29, 0.717) is 5.92 Å². The van der Waals surface area contributed by atoms with E-state index in [0.717, 1.165) is 17.0 Å². The number of rotatable bonds is 2. The summed E-state index contributed by atoms with van der Waals surface area (Å²) in [6.45, 7) is 0. The highest BCUT2D eigenvalue weighted by Crippen LogP contribution is 2.57. The molecular weight excluding hydrogens is 230 g/mol. The molecule has 2 unspecified atom stereocenters. The van der Waals surface area contributed by atoms with Gasteiger partial charge in [0.2, 0.25) is 0 Å². The molecule has 0 saturated heterocycles. The molecule has 1 fully saturated rings. The van der Waals surface area contributed by atoms with E-state index in [1.807, 2.05) is 30.3 Å². The summed E-state index contributed by atoms with van der Waals surface area (Å²) in [4.78, 5) is 0. The Hall–Kier alpha value is -1.31. The second kappa shape index (κ2) is 3.86. The fourth-order valence-electron chi connectivity index (χ4n) is 2.52. The van der Waals surface area contributed by atoms with Crippen molar-refractivity contribution in [1.29, 1.82) is 0 Å².